The third-order valence-electron chi connectivity index (χ3n) is 1.76. The van der Waals surface area contributed by atoms with Crippen LogP contribution in [0.4, 0.5) is 10.7 Å². The molecule has 0 radical (unpaired) electrons. The molecule has 12 heteroatoms. The van der Waals surface area contributed by atoms with Crippen LogP contribution in [0.15, 0.2) is 32.0 Å². The Balaban J connectivity index is 0.000000200. The summed E-state index contributed by atoms with van der Waals surface area (Å²) < 4.78 is 42.5. The lowest BCUT2D eigenvalue weighted by Gasteiger charge is -1.87. The maximum Gasteiger partial charge on any atom is 0.247 e. The van der Waals surface area contributed by atoms with E-state index in [4.69, 9.17) is 21.7 Å². The summed E-state index contributed by atoms with van der Waals surface area (Å²) in [6.07, 6.45) is 0. The van der Waals surface area contributed by atoms with Crippen LogP contribution in [0, 0.1) is 0 Å². The summed E-state index contributed by atoms with van der Waals surface area (Å²) >= 11 is 1.98. The van der Waals surface area contributed by atoms with E-state index in [0.29, 0.717) is 10.7 Å². The highest BCUT2D eigenvalue weighted by atomic mass is 32.3. The quantitative estimate of drug-likeness (QED) is 0.587. The first-order valence-electron chi connectivity index (χ1n) is 4.75. The molecule has 0 fully saturated rings. The second-order valence-corrected chi connectivity index (χ2v) is 9.05. The summed E-state index contributed by atoms with van der Waals surface area (Å²) in [4.78, 5) is 0. The number of primary sulfonamides is 2. The first kappa shape index (κ1) is 16.9. The molecule has 2 aromatic heterocycles. The van der Waals surface area contributed by atoms with E-state index in [9.17, 15) is 16.8 Å². The summed E-state index contributed by atoms with van der Waals surface area (Å²) in [5.74, 6) is 0. The van der Waals surface area contributed by atoms with Gasteiger partial charge in [0.05, 0.1) is 5.00 Å². The zero-order valence-corrected chi connectivity index (χ0v) is 13.2. The standard InChI is InChI=1S/2C4H6N2O2S2/c5-3-1-4(9-2-3)10(6,7)8;5-3-1-2-4(9-3)10(6,7)8/h2*1-2H,5H2,(H2,6,7,8). The fourth-order valence-electron chi connectivity index (χ4n) is 0.967. The normalized spacial score (nSPS) is 11.7. The van der Waals surface area contributed by atoms with Crippen molar-refractivity contribution in [3.8, 4) is 0 Å². The summed E-state index contributed by atoms with van der Waals surface area (Å²) in [6, 6.07) is 4.22. The third kappa shape index (κ3) is 5.07. The van der Waals surface area contributed by atoms with E-state index in [0.717, 1.165) is 22.7 Å². The van der Waals surface area contributed by atoms with Crippen LogP contribution in [0.3, 0.4) is 0 Å². The molecule has 0 saturated carbocycles. The molecule has 0 saturated heterocycles. The molecule has 2 heterocycles. The van der Waals surface area contributed by atoms with Crippen molar-refractivity contribution in [3.05, 3.63) is 23.6 Å². The number of sulfonamides is 2. The van der Waals surface area contributed by atoms with E-state index in [1.807, 2.05) is 0 Å². The van der Waals surface area contributed by atoms with Gasteiger partial charge in [0.1, 0.15) is 8.42 Å². The van der Waals surface area contributed by atoms with Crippen LogP contribution in [-0.4, -0.2) is 16.8 Å². The number of hydrogen-bond donors (Lipinski definition) is 4. The summed E-state index contributed by atoms with van der Waals surface area (Å²) in [5, 5.41) is 11.6. The number of nitrogens with two attached hydrogens (primary N) is 4. The van der Waals surface area contributed by atoms with Gasteiger partial charge in [-0.25, -0.2) is 27.1 Å². The Hall–Kier alpha value is -1.18. The van der Waals surface area contributed by atoms with Crippen molar-refractivity contribution in [1.29, 1.82) is 0 Å². The Kier molecular flexibility index (Phi) is 5.12. The Bertz CT molecular complexity index is 722. The van der Waals surface area contributed by atoms with Crippen molar-refractivity contribution in [1.82, 2.24) is 0 Å². The van der Waals surface area contributed by atoms with E-state index >= 15 is 0 Å². The molecule has 2 rings (SSSR count). The minimum atomic E-state index is -3.54. The fourth-order valence-corrected chi connectivity index (χ4v) is 3.99. The van der Waals surface area contributed by atoms with Crippen LogP contribution in [0.2, 0.25) is 0 Å². The average Bonchev–Trinajstić information content (AvgIpc) is 2.85. The van der Waals surface area contributed by atoms with Gasteiger partial charge in [-0.15, -0.1) is 22.7 Å². The lowest BCUT2D eigenvalue weighted by molar-refractivity contribution is 0.598. The summed E-state index contributed by atoms with van der Waals surface area (Å²) in [6.45, 7) is 0. The molecule has 0 spiro atoms. The van der Waals surface area contributed by atoms with Crippen LogP contribution in [0.1, 0.15) is 0 Å². The monoisotopic (exact) mass is 356 g/mol. The molecule has 0 aromatic carbocycles. The Morgan fingerprint density at radius 1 is 0.900 bits per heavy atom. The van der Waals surface area contributed by atoms with Gasteiger partial charge >= 0.3 is 0 Å². The Morgan fingerprint density at radius 2 is 1.45 bits per heavy atom. The minimum Gasteiger partial charge on any atom is -0.398 e. The summed E-state index contributed by atoms with van der Waals surface area (Å²) in [5.41, 5.74) is 11.0. The van der Waals surface area contributed by atoms with Gasteiger partial charge in [-0.1, -0.05) is 0 Å². The molecule has 8 N–H and O–H groups in total. The molecule has 0 aliphatic heterocycles. The molecule has 0 aliphatic carbocycles. The van der Waals surface area contributed by atoms with E-state index < -0.39 is 20.0 Å². The van der Waals surface area contributed by atoms with Crippen molar-refractivity contribution >= 4 is 53.4 Å². The van der Waals surface area contributed by atoms with Crippen LogP contribution >= 0.6 is 22.7 Å². The van der Waals surface area contributed by atoms with Gasteiger partial charge < -0.3 is 11.5 Å². The first-order chi connectivity index (χ1) is 9.00. The molecule has 0 amide bonds. The number of rotatable bonds is 2. The van der Waals surface area contributed by atoms with Crippen molar-refractivity contribution < 1.29 is 16.8 Å². The predicted octanol–water partition coefficient (Wildman–Crippen LogP) is -0.0446. The molecule has 0 unspecified atom stereocenters. The summed E-state index contributed by atoms with van der Waals surface area (Å²) in [7, 11) is -7.09. The topological polar surface area (TPSA) is 172 Å². The zero-order chi connectivity index (χ0) is 15.6. The van der Waals surface area contributed by atoms with Crippen molar-refractivity contribution in [2.45, 2.75) is 8.42 Å². The predicted molar refractivity (Wildman–Crippen MR) is 80.2 cm³/mol. The highest BCUT2D eigenvalue weighted by molar-refractivity contribution is 7.91. The maximum atomic E-state index is 10.6. The number of thiophene rings is 2. The number of nitrogen functional groups attached to an aromatic ring is 2. The van der Waals surface area contributed by atoms with Crippen LogP contribution in [0.25, 0.3) is 0 Å². The fraction of sp³-hybridized carbons (Fsp3) is 0. The Labute approximate surface area is 124 Å². The molecule has 8 nitrogen and oxygen atoms in total. The van der Waals surface area contributed by atoms with Crippen molar-refractivity contribution in [2.24, 2.45) is 10.3 Å². The Morgan fingerprint density at radius 3 is 1.65 bits per heavy atom. The van der Waals surface area contributed by atoms with Gasteiger partial charge in [0, 0.05) is 11.1 Å². The van der Waals surface area contributed by atoms with Crippen molar-refractivity contribution in [3.63, 3.8) is 0 Å². The highest BCUT2D eigenvalue weighted by Crippen LogP contribution is 2.21. The van der Waals surface area contributed by atoms with E-state index in [-0.39, 0.29) is 8.42 Å². The van der Waals surface area contributed by atoms with Gasteiger partial charge in [0.2, 0.25) is 20.0 Å². The van der Waals surface area contributed by atoms with Gasteiger partial charge in [0.15, 0.2) is 0 Å². The second kappa shape index (κ2) is 6.07. The SMILES string of the molecule is Nc1ccc(S(N)(=O)=O)s1.Nc1csc(S(N)(=O)=O)c1. The lowest BCUT2D eigenvalue weighted by Crippen LogP contribution is -2.09. The lowest BCUT2D eigenvalue weighted by atomic mass is 10.6. The second-order valence-electron chi connectivity index (χ2n) is 3.45. The van der Waals surface area contributed by atoms with Gasteiger partial charge in [0.25, 0.3) is 0 Å². The van der Waals surface area contributed by atoms with Gasteiger partial charge in [-0.2, -0.15) is 0 Å². The molecule has 0 bridgehead atoms. The number of anilines is 2. The highest BCUT2D eigenvalue weighted by Gasteiger charge is 2.09. The average molecular weight is 356 g/mol. The zero-order valence-electron chi connectivity index (χ0n) is 9.88. The maximum absolute atomic E-state index is 10.6. The van der Waals surface area contributed by atoms with Gasteiger partial charge in [-0.05, 0) is 18.2 Å². The number of hydrogen-bond acceptors (Lipinski definition) is 8. The van der Waals surface area contributed by atoms with Crippen LogP contribution < -0.4 is 21.7 Å². The molecular weight excluding hydrogens is 344 g/mol. The first-order valence-corrected chi connectivity index (χ1v) is 9.54. The molecule has 112 valence electrons. The van der Waals surface area contributed by atoms with E-state index in [1.54, 1.807) is 0 Å². The third-order valence-corrected chi connectivity index (χ3v) is 6.52. The van der Waals surface area contributed by atoms with Crippen LogP contribution in [0.5, 0.6) is 0 Å². The molecule has 0 aliphatic rings. The van der Waals surface area contributed by atoms with Crippen LogP contribution in [-0.2, 0) is 20.0 Å². The van der Waals surface area contributed by atoms with Crippen molar-refractivity contribution in [2.75, 3.05) is 11.5 Å². The van der Waals surface area contributed by atoms with Gasteiger partial charge in [-0.3, -0.25) is 0 Å². The smallest absolute Gasteiger partial charge is 0.247 e. The largest absolute Gasteiger partial charge is 0.398 e. The minimum absolute atomic E-state index is 0.102. The molecule has 20 heavy (non-hydrogen) atoms. The molecular formula is C8H12N4O4S4. The molecule has 0 atom stereocenters. The van der Waals surface area contributed by atoms with E-state index in [1.165, 1.54) is 23.6 Å². The molecule has 2 aromatic rings. The van der Waals surface area contributed by atoms with E-state index in [2.05, 4.69) is 0 Å².